The van der Waals surface area contributed by atoms with E-state index in [9.17, 15) is 5.11 Å². The predicted molar refractivity (Wildman–Crippen MR) is 60.9 cm³/mol. The van der Waals surface area contributed by atoms with Crippen molar-refractivity contribution in [2.24, 2.45) is 0 Å². The molecule has 0 aromatic rings. The first-order valence-corrected chi connectivity index (χ1v) is 5.60. The zero-order chi connectivity index (χ0) is 12.6. The molecule has 96 valence electrons. The number of aliphatic hydroxyl groups excluding tert-OH is 2. The molecule has 0 saturated carbocycles. The van der Waals surface area contributed by atoms with E-state index in [1.807, 2.05) is 34.6 Å². The number of nitrogens with one attached hydrogen (secondary N) is 1. The molecule has 1 unspecified atom stereocenters. The van der Waals surface area contributed by atoms with Crippen molar-refractivity contribution >= 4 is 0 Å². The minimum atomic E-state index is -1.04. The van der Waals surface area contributed by atoms with E-state index in [0.717, 1.165) is 0 Å². The quantitative estimate of drug-likeness (QED) is 0.486. The summed E-state index contributed by atoms with van der Waals surface area (Å²) in [6.07, 6.45) is 0. The van der Waals surface area contributed by atoms with Crippen LogP contribution in [0.25, 0.3) is 0 Å². The van der Waals surface area contributed by atoms with Gasteiger partial charge in [-0.05, 0) is 20.8 Å². The first-order valence-electron chi connectivity index (χ1n) is 5.60. The summed E-state index contributed by atoms with van der Waals surface area (Å²) in [5, 5.41) is 22.3. The summed E-state index contributed by atoms with van der Waals surface area (Å²) in [6.45, 7) is 8.98. The van der Waals surface area contributed by atoms with Crippen LogP contribution in [0.5, 0.6) is 0 Å². The Kier molecular flexibility index (Phi) is 3.97. The van der Waals surface area contributed by atoms with Gasteiger partial charge in [0, 0.05) is 13.8 Å². The Morgan fingerprint density at radius 2 is 2.06 bits per heavy atom. The molecule has 0 aliphatic carbocycles. The van der Waals surface area contributed by atoms with Crippen LogP contribution < -0.4 is 5.32 Å². The van der Waals surface area contributed by atoms with E-state index in [-0.39, 0.29) is 12.6 Å². The second kappa shape index (κ2) is 4.58. The summed E-state index contributed by atoms with van der Waals surface area (Å²) < 4.78 is 8.18. The van der Waals surface area contributed by atoms with Crippen LogP contribution in [-0.4, -0.2) is 47.3 Å². The van der Waals surface area contributed by atoms with Crippen molar-refractivity contribution in [3.63, 3.8) is 0 Å². The van der Waals surface area contributed by atoms with E-state index < -0.39 is 17.8 Å². The molecular formula is C11H24NO4+. The molecule has 0 aromatic heterocycles. The lowest BCUT2D eigenvalue weighted by atomic mass is 10.2. The van der Waals surface area contributed by atoms with Crippen LogP contribution in [0.3, 0.4) is 0 Å². The topological polar surface area (TPSA) is 64.4 Å². The van der Waals surface area contributed by atoms with Crippen LogP contribution >= 0.6 is 0 Å². The van der Waals surface area contributed by atoms with Gasteiger partial charge in [-0.15, -0.1) is 0 Å². The van der Waals surface area contributed by atoms with Gasteiger partial charge in [-0.3, -0.25) is 4.74 Å². The summed E-state index contributed by atoms with van der Waals surface area (Å²) in [5.74, 6) is 0. The summed E-state index contributed by atoms with van der Waals surface area (Å²) in [5.41, 5.74) is -0.877. The average molecular weight is 234 g/mol. The van der Waals surface area contributed by atoms with Crippen LogP contribution in [0.15, 0.2) is 0 Å². The molecule has 1 saturated heterocycles. The monoisotopic (exact) mass is 234 g/mol. The van der Waals surface area contributed by atoms with Gasteiger partial charge in [0.05, 0.1) is 12.2 Å². The maximum atomic E-state index is 9.98. The van der Waals surface area contributed by atoms with Gasteiger partial charge in [0.1, 0.15) is 6.04 Å². The van der Waals surface area contributed by atoms with E-state index >= 15 is 0 Å². The predicted octanol–water partition coefficient (Wildman–Crippen LogP) is 0.330. The van der Waals surface area contributed by atoms with Crippen molar-refractivity contribution in [1.29, 1.82) is 0 Å². The number of rotatable bonds is 3. The van der Waals surface area contributed by atoms with Gasteiger partial charge in [0.15, 0.2) is 6.61 Å². The van der Waals surface area contributed by atoms with Gasteiger partial charge in [-0.2, -0.15) is 0 Å². The summed E-state index contributed by atoms with van der Waals surface area (Å²) >= 11 is 0. The smallest absolute Gasteiger partial charge is 0.388 e. The van der Waals surface area contributed by atoms with Crippen LogP contribution in [-0.2, 0) is 9.10 Å². The molecule has 0 spiro atoms. The molecule has 3 N–H and O–H groups in total. The van der Waals surface area contributed by atoms with E-state index in [4.69, 9.17) is 9.84 Å². The summed E-state index contributed by atoms with van der Waals surface area (Å²) in [4.78, 5) is 0. The Morgan fingerprint density at radius 3 is 2.44 bits per heavy atom. The molecule has 1 aliphatic heterocycles. The molecule has 0 bridgehead atoms. The third-order valence-electron chi connectivity index (χ3n) is 2.51. The summed E-state index contributed by atoms with van der Waals surface area (Å²) in [7, 11) is 0. The minimum absolute atomic E-state index is 0.0369. The van der Waals surface area contributed by atoms with E-state index in [1.54, 1.807) is 0 Å². The first-order chi connectivity index (χ1) is 7.15. The Labute approximate surface area is 97.1 Å². The highest BCUT2D eigenvalue weighted by molar-refractivity contribution is 4.85. The molecule has 2 atom stereocenters. The number of ether oxygens (including phenoxy) is 1. The maximum absolute atomic E-state index is 9.98. The average Bonchev–Trinajstić information content (AvgIpc) is 2.37. The van der Waals surface area contributed by atoms with Crippen molar-refractivity contribution in [3.05, 3.63) is 0 Å². The SMILES string of the molecule is CC(C)(C)OC(O)[O+]1C[C@H](CO)NC1(C)C. The van der Waals surface area contributed by atoms with Crippen molar-refractivity contribution in [2.45, 2.75) is 58.5 Å². The van der Waals surface area contributed by atoms with Gasteiger partial charge >= 0.3 is 6.48 Å². The van der Waals surface area contributed by atoms with E-state index in [2.05, 4.69) is 9.68 Å². The molecule has 1 heterocycles. The standard InChI is InChI=1S/C11H24NO4/c1-10(2,3)15-9(14)16-7-8(6-13)12-11(16,4)5/h8-9,12-14H,6-7H2,1-5H3/q+1/t8-,9?/m0/s1. The molecule has 1 aliphatic rings. The molecule has 1 rings (SSSR count). The Morgan fingerprint density at radius 1 is 1.50 bits per heavy atom. The molecule has 16 heavy (non-hydrogen) atoms. The first kappa shape index (κ1) is 13.9. The third-order valence-corrected chi connectivity index (χ3v) is 2.51. The lowest BCUT2D eigenvalue weighted by Gasteiger charge is -2.33. The Balaban J connectivity index is 2.65. The lowest BCUT2D eigenvalue weighted by Crippen LogP contribution is -2.48. The van der Waals surface area contributed by atoms with Crippen molar-refractivity contribution in [2.75, 3.05) is 13.2 Å². The van der Waals surface area contributed by atoms with E-state index in [1.165, 1.54) is 0 Å². The minimum Gasteiger partial charge on any atom is -0.394 e. The van der Waals surface area contributed by atoms with E-state index in [0.29, 0.717) is 6.61 Å². The maximum Gasteiger partial charge on any atom is 0.388 e. The van der Waals surface area contributed by atoms with Gasteiger partial charge < -0.3 is 14.6 Å². The molecular weight excluding hydrogens is 210 g/mol. The zero-order valence-electron chi connectivity index (χ0n) is 10.8. The highest BCUT2D eigenvalue weighted by Crippen LogP contribution is 2.29. The lowest BCUT2D eigenvalue weighted by molar-refractivity contribution is -0.427. The molecule has 0 radical (unpaired) electrons. The Hall–Kier alpha value is -0.200. The van der Waals surface area contributed by atoms with Gasteiger partial charge in [0.25, 0.3) is 0 Å². The van der Waals surface area contributed by atoms with Gasteiger partial charge in [-0.25, -0.2) is 5.32 Å². The van der Waals surface area contributed by atoms with Crippen molar-refractivity contribution < 1.29 is 19.3 Å². The normalized spacial score (nSPS) is 28.3. The molecule has 0 aromatic carbocycles. The molecule has 5 nitrogen and oxygen atoms in total. The zero-order valence-corrected chi connectivity index (χ0v) is 10.8. The van der Waals surface area contributed by atoms with Crippen LogP contribution in [0.2, 0.25) is 0 Å². The largest absolute Gasteiger partial charge is 0.394 e. The highest BCUT2D eigenvalue weighted by Gasteiger charge is 2.48. The van der Waals surface area contributed by atoms with Crippen LogP contribution in [0.4, 0.5) is 0 Å². The molecule has 1 fully saturated rings. The van der Waals surface area contributed by atoms with Crippen molar-refractivity contribution in [1.82, 2.24) is 5.32 Å². The fourth-order valence-electron chi connectivity index (χ4n) is 1.83. The van der Waals surface area contributed by atoms with Gasteiger partial charge in [0.2, 0.25) is 5.72 Å². The molecule has 5 heteroatoms. The second-order valence-electron chi connectivity index (χ2n) is 5.67. The second-order valence-corrected chi connectivity index (χ2v) is 5.67. The van der Waals surface area contributed by atoms with Crippen LogP contribution in [0, 0.1) is 0 Å². The third kappa shape index (κ3) is 3.40. The fraction of sp³-hybridized carbons (Fsp3) is 1.00. The van der Waals surface area contributed by atoms with Crippen molar-refractivity contribution in [3.8, 4) is 0 Å². The Bertz CT molecular complexity index is 237. The van der Waals surface area contributed by atoms with Gasteiger partial charge in [-0.1, -0.05) is 0 Å². The number of hydrogen-bond donors (Lipinski definition) is 3. The number of hydrogen-bond acceptors (Lipinski definition) is 4. The summed E-state index contributed by atoms with van der Waals surface area (Å²) in [6, 6.07) is -0.0572. The highest BCUT2D eigenvalue weighted by atomic mass is 16.9. The fourth-order valence-corrected chi connectivity index (χ4v) is 1.83. The van der Waals surface area contributed by atoms with Crippen LogP contribution in [0.1, 0.15) is 34.6 Å². The number of aliphatic hydroxyl groups is 2. The molecule has 0 amide bonds.